The first kappa shape index (κ1) is 17.1. The van der Waals surface area contributed by atoms with Gasteiger partial charge in [-0.2, -0.15) is 18.4 Å². The van der Waals surface area contributed by atoms with Gasteiger partial charge in [0.2, 0.25) is 0 Å². The summed E-state index contributed by atoms with van der Waals surface area (Å²) in [5.74, 6) is 0.338. The van der Waals surface area contributed by atoms with Crippen molar-refractivity contribution in [2.75, 3.05) is 5.01 Å². The minimum Gasteiger partial charge on any atom is -0.371 e. The van der Waals surface area contributed by atoms with Crippen molar-refractivity contribution in [2.45, 2.75) is 13.1 Å². The van der Waals surface area contributed by atoms with Crippen LogP contribution in [0.15, 0.2) is 61.2 Å². The summed E-state index contributed by atoms with van der Waals surface area (Å²) in [5.41, 5.74) is 3.22. The van der Waals surface area contributed by atoms with Gasteiger partial charge in [-0.25, -0.2) is 9.66 Å². The van der Waals surface area contributed by atoms with Gasteiger partial charge in [-0.15, -0.1) is 0 Å². The molecule has 2 aromatic carbocycles. The molecule has 1 aliphatic rings. The quantitative estimate of drug-likeness (QED) is 0.741. The molecule has 0 bridgehead atoms. The van der Waals surface area contributed by atoms with Gasteiger partial charge in [0.05, 0.1) is 23.9 Å². The van der Waals surface area contributed by atoms with E-state index in [1.807, 2.05) is 40.1 Å². The Kier molecular flexibility index (Phi) is 4.27. The molecule has 0 aliphatic carbocycles. The lowest BCUT2D eigenvalue weighted by Gasteiger charge is -2.26. The summed E-state index contributed by atoms with van der Waals surface area (Å²) in [4.78, 5) is 4.10. The third-order valence-corrected chi connectivity index (χ3v) is 5.06. The molecule has 1 aromatic heterocycles. The van der Waals surface area contributed by atoms with Crippen LogP contribution < -0.4 is 13.9 Å². The Labute approximate surface area is 156 Å². The van der Waals surface area contributed by atoms with Crippen LogP contribution in [0, 0.1) is 11.3 Å². The van der Waals surface area contributed by atoms with Crippen LogP contribution in [0.1, 0.15) is 16.7 Å². The van der Waals surface area contributed by atoms with Crippen LogP contribution in [-0.2, 0) is 23.4 Å². The van der Waals surface area contributed by atoms with Gasteiger partial charge in [0.25, 0.3) is 0 Å². The molecule has 0 unspecified atom stereocenters. The molecule has 1 N–H and O–H groups in total. The molecule has 27 heavy (non-hydrogen) atoms. The van der Waals surface area contributed by atoms with Crippen molar-refractivity contribution in [3.63, 3.8) is 0 Å². The molecule has 9 heteroatoms. The summed E-state index contributed by atoms with van der Waals surface area (Å²) < 4.78 is 32.2. The number of nitrogens with one attached hydrogen (secondary N) is 1. The number of imidazole rings is 1. The lowest BCUT2D eigenvalue weighted by Crippen LogP contribution is -2.32. The number of rotatable bonds is 4. The SMILES string of the molecule is N#Cc1ccc(N(Cc2ccc3c(c2)CNS(=O)(=O)O3)n2ccnc2)cc1. The summed E-state index contributed by atoms with van der Waals surface area (Å²) in [6, 6.07) is 14.8. The minimum atomic E-state index is -3.72. The fourth-order valence-corrected chi connectivity index (χ4v) is 3.64. The fraction of sp³-hybridized carbons (Fsp3) is 0.111. The molecule has 3 aromatic rings. The number of anilines is 1. The number of hydrogen-bond acceptors (Lipinski definition) is 6. The van der Waals surface area contributed by atoms with Crippen LogP contribution in [0.2, 0.25) is 0 Å². The summed E-state index contributed by atoms with van der Waals surface area (Å²) in [7, 11) is -3.72. The van der Waals surface area contributed by atoms with Gasteiger partial charge in [0, 0.05) is 24.5 Å². The highest BCUT2D eigenvalue weighted by atomic mass is 32.2. The van der Waals surface area contributed by atoms with E-state index in [0.29, 0.717) is 17.9 Å². The van der Waals surface area contributed by atoms with Gasteiger partial charge in [-0.05, 0) is 42.0 Å². The number of aromatic nitrogens is 2. The van der Waals surface area contributed by atoms with Gasteiger partial charge < -0.3 is 4.18 Å². The Balaban J connectivity index is 1.65. The number of fused-ring (bicyclic) bond motifs is 1. The van der Waals surface area contributed by atoms with Crippen LogP contribution in [0.5, 0.6) is 5.75 Å². The normalized spacial score (nSPS) is 14.6. The molecule has 0 fully saturated rings. The van der Waals surface area contributed by atoms with E-state index in [9.17, 15) is 8.42 Å². The summed E-state index contributed by atoms with van der Waals surface area (Å²) >= 11 is 0. The molecule has 0 spiro atoms. The Morgan fingerprint density at radius 2 is 2.07 bits per heavy atom. The first-order valence-corrected chi connectivity index (χ1v) is 9.52. The highest BCUT2D eigenvalue weighted by molar-refractivity contribution is 7.85. The highest BCUT2D eigenvalue weighted by Gasteiger charge is 2.22. The molecule has 136 valence electrons. The number of nitriles is 1. The predicted molar refractivity (Wildman–Crippen MR) is 97.8 cm³/mol. The first-order chi connectivity index (χ1) is 13.0. The Morgan fingerprint density at radius 3 is 2.78 bits per heavy atom. The van der Waals surface area contributed by atoms with Crippen LogP contribution >= 0.6 is 0 Å². The third kappa shape index (κ3) is 3.62. The number of nitrogens with zero attached hydrogens (tertiary/aromatic N) is 4. The summed E-state index contributed by atoms with van der Waals surface area (Å²) in [6.07, 6.45) is 5.20. The molecular formula is C18H15N5O3S. The molecule has 4 rings (SSSR count). The minimum absolute atomic E-state index is 0.188. The van der Waals surface area contributed by atoms with E-state index in [1.165, 1.54) is 0 Å². The second-order valence-corrected chi connectivity index (χ2v) is 7.32. The Bertz CT molecular complexity index is 1100. The van der Waals surface area contributed by atoms with E-state index < -0.39 is 10.3 Å². The molecule has 8 nitrogen and oxygen atoms in total. The number of hydrogen-bond donors (Lipinski definition) is 1. The molecule has 0 amide bonds. The van der Waals surface area contributed by atoms with Crippen LogP contribution in [0.3, 0.4) is 0 Å². The molecule has 0 saturated carbocycles. The van der Waals surface area contributed by atoms with Gasteiger partial charge in [0.1, 0.15) is 12.1 Å². The smallest absolute Gasteiger partial charge is 0.371 e. The van der Waals surface area contributed by atoms with Gasteiger partial charge in [0.15, 0.2) is 0 Å². The van der Waals surface area contributed by atoms with E-state index in [0.717, 1.165) is 16.8 Å². The van der Waals surface area contributed by atoms with Gasteiger partial charge in [-0.1, -0.05) is 6.07 Å². The van der Waals surface area contributed by atoms with Crippen molar-refractivity contribution in [3.8, 4) is 11.8 Å². The summed E-state index contributed by atoms with van der Waals surface area (Å²) in [6.45, 7) is 0.704. The third-order valence-electron chi connectivity index (χ3n) is 4.16. The molecule has 0 radical (unpaired) electrons. The molecule has 2 heterocycles. The maximum Gasteiger partial charge on any atom is 0.382 e. The summed E-state index contributed by atoms with van der Waals surface area (Å²) in [5, 5.41) is 11.0. The second-order valence-electron chi connectivity index (χ2n) is 5.96. The van der Waals surface area contributed by atoms with Crippen LogP contribution in [0.25, 0.3) is 0 Å². The van der Waals surface area contributed by atoms with Crippen molar-refractivity contribution in [2.24, 2.45) is 0 Å². The van der Waals surface area contributed by atoms with Crippen LogP contribution in [0.4, 0.5) is 5.69 Å². The zero-order chi connectivity index (χ0) is 18.9. The van der Waals surface area contributed by atoms with Crippen LogP contribution in [-0.4, -0.2) is 18.1 Å². The maximum absolute atomic E-state index is 11.5. The van der Waals surface area contributed by atoms with Crippen molar-refractivity contribution in [1.29, 1.82) is 5.26 Å². The van der Waals surface area contributed by atoms with Gasteiger partial charge in [-0.3, -0.25) is 5.01 Å². The van der Waals surface area contributed by atoms with Gasteiger partial charge >= 0.3 is 10.3 Å². The van der Waals surface area contributed by atoms with Crippen molar-refractivity contribution >= 4 is 16.0 Å². The highest BCUT2D eigenvalue weighted by Crippen LogP contribution is 2.27. The van der Waals surface area contributed by atoms with Crippen molar-refractivity contribution < 1.29 is 12.6 Å². The van der Waals surface area contributed by atoms with Crippen molar-refractivity contribution in [1.82, 2.24) is 14.4 Å². The first-order valence-electron chi connectivity index (χ1n) is 8.11. The predicted octanol–water partition coefficient (Wildman–Crippen LogP) is 1.95. The van der Waals surface area contributed by atoms with E-state index in [4.69, 9.17) is 9.44 Å². The molecule has 0 saturated heterocycles. The fourth-order valence-electron chi connectivity index (χ4n) is 2.85. The zero-order valence-electron chi connectivity index (χ0n) is 14.1. The largest absolute Gasteiger partial charge is 0.382 e. The molecule has 1 aliphatic heterocycles. The Morgan fingerprint density at radius 1 is 1.26 bits per heavy atom. The van der Waals surface area contributed by atoms with E-state index in [-0.39, 0.29) is 6.54 Å². The standard InChI is InChI=1S/C18H15N5O3S/c19-10-14-1-4-17(5-2-14)23(22-8-7-20-13-22)12-15-3-6-18-16(9-15)11-21-27(24,25)26-18/h1-9,13,21H,11-12H2. The topological polar surface area (TPSA) is 100 Å². The lowest BCUT2D eigenvalue weighted by atomic mass is 10.1. The number of benzene rings is 2. The average molecular weight is 381 g/mol. The Hall–Kier alpha value is -3.35. The molecule has 0 atom stereocenters. The van der Waals surface area contributed by atoms with E-state index >= 15 is 0 Å². The van der Waals surface area contributed by atoms with Crippen molar-refractivity contribution in [3.05, 3.63) is 77.9 Å². The lowest BCUT2D eigenvalue weighted by molar-refractivity contribution is 0.453. The average Bonchev–Trinajstić information content (AvgIpc) is 3.20. The zero-order valence-corrected chi connectivity index (χ0v) is 14.9. The van der Waals surface area contributed by atoms with E-state index in [1.54, 1.807) is 30.7 Å². The second kappa shape index (κ2) is 6.75. The van der Waals surface area contributed by atoms with E-state index in [2.05, 4.69) is 15.8 Å². The monoisotopic (exact) mass is 381 g/mol. The molecular weight excluding hydrogens is 366 g/mol. The maximum atomic E-state index is 11.5.